The summed E-state index contributed by atoms with van der Waals surface area (Å²) in [6.07, 6.45) is 0. The molecule has 12 heteroatoms. The quantitative estimate of drug-likeness (QED) is 0.0992. The third-order valence-electron chi connectivity index (χ3n) is 11.4. The van der Waals surface area contributed by atoms with Crippen molar-refractivity contribution in [3.8, 4) is 11.1 Å². The lowest BCUT2D eigenvalue weighted by Crippen LogP contribution is -2.41. The molecule has 8 aromatic rings. The second-order valence-electron chi connectivity index (χ2n) is 15.5. The van der Waals surface area contributed by atoms with Crippen molar-refractivity contribution >= 4 is 123 Å². The van der Waals surface area contributed by atoms with E-state index >= 15 is 0 Å². The van der Waals surface area contributed by atoms with Crippen molar-refractivity contribution in [2.24, 2.45) is 14.1 Å². The van der Waals surface area contributed by atoms with E-state index in [2.05, 4.69) is 177 Å². The van der Waals surface area contributed by atoms with E-state index in [1.165, 1.54) is 46.9 Å². The number of ether oxygens (including phenoxy) is 2. The number of carbonyl (C=O) groups excluding carboxylic acids is 2. The first-order valence-corrected chi connectivity index (χ1v) is 21.9. The van der Waals surface area contributed by atoms with E-state index in [1.807, 2.05) is 48.5 Å². The van der Waals surface area contributed by atoms with Gasteiger partial charge in [0.2, 0.25) is 0 Å². The van der Waals surface area contributed by atoms with Crippen LogP contribution < -0.4 is 5.46 Å². The molecule has 0 amide bonds. The van der Waals surface area contributed by atoms with Crippen LogP contribution in [-0.4, -0.2) is 53.6 Å². The minimum atomic E-state index is -0.339. The van der Waals surface area contributed by atoms with Gasteiger partial charge in [-0.15, -0.1) is 0 Å². The van der Waals surface area contributed by atoms with E-state index in [1.54, 1.807) is 6.07 Å². The zero-order chi connectivity index (χ0) is 43.1. The predicted octanol–water partition coefficient (Wildman–Crippen LogP) is 12.0. The molecule has 1 fully saturated rings. The first-order valence-electron chi connectivity index (χ1n) is 19.3. The monoisotopic (exact) mass is 1040 g/mol. The lowest BCUT2D eigenvalue weighted by Gasteiger charge is -2.32. The molecular weight excluding hydrogens is 998 g/mol. The number of halogens is 3. The smallest absolute Gasteiger partial charge is 0.465 e. The maximum absolute atomic E-state index is 12.3. The molecule has 0 bridgehead atoms. The molecule has 0 atom stereocenters. The minimum absolute atomic E-state index is 0.305. The summed E-state index contributed by atoms with van der Waals surface area (Å²) in [6.45, 7) is 8.37. The Kier molecular flexibility index (Phi) is 12.7. The number of methoxy groups -OCH3 is 2. The van der Waals surface area contributed by atoms with E-state index in [0.29, 0.717) is 11.1 Å². The van der Waals surface area contributed by atoms with Crippen LogP contribution in [0.4, 0.5) is 0 Å². The number of esters is 2. The van der Waals surface area contributed by atoms with Gasteiger partial charge < -0.3 is 27.9 Å². The van der Waals surface area contributed by atoms with Gasteiger partial charge in [0, 0.05) is 70.2 Å². The molecule has 0 radical (unpaired) electrons. The standard InChI is InChI=1S/C21H16BrNO2.C19H22BNO2.C8H6BrIO2/c1-23-18-8-4-3-6-16(18)20-15(7-5-9-19(20)23)14-11-10-13(22)12-17(14)21(24)25-2;1-18(2)19(3,4)23-20(22-18)14-10-8-12-16-17(14)13-9-6-7-11-15(13)21(16)5;1-12-8(11)6-4-5(9)2-3-7(6)10/h3-12H,1-2H3;6-12H,1-5H3;2-4H,1H3. The van der Waals surface area contributed by atoms with Gasteiger partial charge in [0.25, 0.3) is 0 Å². The number of rotatable bonds is 4. The van der Waals surface area contributed by atoms with Crippen LogP contribution in [0.5, 0.6) is 0 Å². The average molecular weight is 1040 g/mol. The van der Waals surface area contributed by atoms with Crippen molar-refractivity contribution in [1.82, 2.24) is 9.13 Å². The number of fused-ring (bicyclic) bond motifs is 6. The molecular formula is C48H44BBr2IN2O6. The highest BCUT2D eigenvalue weighted by Gasteiger charge is 2.52. The number of hydrogen-bond donors (Lipinski definition) is 0. The molecule has 6 aromatic carbocycles. The number of benzene rings is 6. The minimum Gasteiger partial charge on any atom is -0.465 e. The lowest BCUT2D eigenvalue weighted by molar-refractivity contribution is 0.00578. The fraction of sp³-hybridized carbons (Fsp3) is 0.208. The Labute approximate surface area is 380 Å². The van der Waals surface area contributed by atoms with Gasteiger partial charge in [0.05, 0.1) is 36.5 Å². The highest BCUT2D eigenvalue weighted by molar-refractivity contribution is 14.1. The number of carbonyl (C=O) groups is 2. The topological polar surface area (TPSA) is 80.9 Å². The molecule has 0 saturated carbocycles. The number of aryl methyl sites for hydroxylation is 2. The maximum Gasteiger partial charge on any atom is 0.495 e. The van der Waals surface area contributed by atoms with E-state index in [4.69, 9.17) is 14.0 Å². The van der Waals surface area contributed by atoms with E-state index in [9.17, 15) is 9.59 Å². The third kappa shape index (κ3) is 8.16. The Morgan fingerprint density at radius 2 is 1.05 bits per heavy atom. The van der Waals surface area contributed by atoms with Crippen molar-refractivity contribution in [3.05, 3.63) is 145 Å². The molecule has 8 nitrogen and oxygen atoms in total. The fourth-order valence-electron chi connectivity index (χ4n) is 7.63. The van der Waals surface area contributed by atoms with E-state index < -0.39 is 0 Å². The molecule has 0 N–H and O–H groups in total. The summed E-state index contributed by atoms with van der Waals surface area (Å²) in [5.74, 6) is -0.644. The number of nitrogens with zero attached hydrogens (tertiary/aromatic N) is 2. The van der Waals surface area contributed by atoms with Crippen LogP contribution in [-0.2, 0) is 32.9 Å². The Balaban J connectivity index is 0.000000145. The van der Waals surface area contributed by atoms with Gasteiger partial charge in [-0.05, 0) is 121 Å². The van der Waals surface area contributed by atoms with E-state index in [-0.39, 0.29) is 30.3 Å². The van der Waals surface area contributed by atoms with Gasteiger partial charge in [-0.25, -0.2) is 9.59 Å². The van der Waals surface area contributed by atoms with E-state index in [0.717, 1.165) is 40.0 Å². The Bertz CT molecular complexity index is 2920. The summed E-state index contributed by atoms with van der Waals surface area (Å²) in [5, 5.41) is 4.79. The van der Waals surface area contributed by atoms with Crippen molar-refractivity contribution in [2.45, 2.75) is 38.9 Å². The number of hydrogen-bond acceptors (Lipinski definition) is 6. The Morgan fingerprint density at radius 1 is 0.583 bits per heavy atom. The first-order chi connectivity index (χ1) is 28.6. The second-order valence-corrected chi connectivity index (χ2v) is 18.5. The van der Waals surface area contributed by atoms with Gasteiger partial charge >= 0.3 is 19.1 Å². The molecule has 1 aliphatic heterocycles. The molecule has 3 heterocycles. The molecule has 306 valence electrons. The van der Waals surface area contributed by atoms with Crippen LogP contribution in [0.1, 0.15) is 48.4 Å². The number of para-hydroxylation sites is 2. The second kappa shape index (κ2) is 17.5. The van der Waals surface area contributed by atoms with Crippen LogP contribution in [0, 0.1) is 3.57 Å². The van der Waals surface area contributed by atoms with Crippen LogP contribution >= 0.6 is 54.5 Å². The van der Waals surface area contributed by atoms with Crippen LogP contribution in [0.2, 0.25) is 0 Å². The van der Waals surface area contributed by atoms with Crippen LogP contribution in [0.15, 0.2) is 130 Å². The van der Waals surface area contributed by atoms with Crippen molar-refractivity contribution in [3.63, 3.8) is 0 Å². The SMILES string of the molecule is COC(=O)c1cc(Br)ccc1-c1cccc2c1c1ccccc1n2C.COC(=O)c1cc(Br)ccc1I.Cn1c2ccccc2c2c(B3OC(C)(C)C(C)(C)O3)cccc21. The first kappa shape index (κ1) is 43.6. The largest absolute Gasteiger partial charge is 0.495 e. The normalized spacial score (nSPS) is 14.2. The number of aromatic nitrogens is 2. The van der Waals surface area contributed by atoms with Gasteiger partial charge in [0.15, 0.2) is 0 Å². The molecule has 1 aliphatic rings. The molecule has 2 aromatic heterocycles. The maximum atomic E-state index is 12.3. The summed E-state index contributed by atoms with van der Waals surface area (Å²) in [6, 6.07) is 40.6. The van der Waals surface area contributed by atoms with Crippen LogP contribution in [0.25, 0.3) is 54.7 Å². The average Bonchev–Trinajstić information content (AvgIpc) is 3.80. The van der Waals surface area contributed by atoms with Crippen molar-refractivity contribution in [1.29, 1.82) is 0 Å². The highest BCUT2D eigenvalue weighted by Crippen LogP contribution is 2.39. The zero-order valence-corrected chi connectivity index (χ0v) is 39.9. The fourth-order valence-corrected chi connectivity index (χ4v) is 8.91. The molecule has 0 aliphatic carbocycles. The lowest BCUT2D eigenvalue weighted by atomic mass is 9.76. The molecule has 0 spiro atoms. The zero-order valence-electron chi connectivity index (χ0n) is 34.6. The highest BCUT2D eigenvalue weighted by atomic mass is 127. The molecule has 0 unspecified atom stereocenters. The van der Waals surface area contributed by atoms with Gasteiger partial charge in [-0.2, -0.15) is 0 Å². The summed E-state index contributed by atoms with van der Waals surface area (Å²) < 4.78 is 29.2. The summed E-state index contributed by atoms with van der Waals surface area (Å²) in [4.78, 5) is 23.5. The summed E-state index contributed by atoms with van der Waals surface area (Å²) >= 11 is 8.82. The summed E-state index contributed by atoms with van der Waals surface area (Å²) in [7, 11) is 6.62. The third-order valence-corrected chi connectivity index (χ3v) is 13.4. The molecule has 9 rings (SSSR count). The van der Waals surface area contributed by atoms with Crippen molar-refractivity contribution in [2.75, 3.05) is 14.2 Å². The molecule has 60 heavy (non-hydrogen) atoms. The predicted molar refractivity (Wildman–Crippen MR) is 259 cm³/mol. The van der Waals surface area contributed by atoms with Gasteiger partial charge in [-0.3, -0.25) is 0 Å². The van der Waals surface area contributed by atoms with Crippen molar-refractivity contribution < 1.29 is 28.4 Å². The Hall–Kier alpha value is -4.47. The molecule has 1 saturated heterocycles. The van der Waals surface area contributed by atoms with Gasteiger partial charge in [0.1, 0.15) is 0 Å². The summed E-state index contributed by atoms with van der Waals surface area (Å²) in [5.41, 5.74) is 8.24. The van der Waals surface area contributed by atoms with Gasteiger partial charge in [-0.1, -0.05) is 98.6 Å². The van der Waals surface area contributed by atoms with Crippen LogP contribution in [0.3, 0.4) is 0 Å². The Morgan fingerprint density at radius 3 is 1.63 bits per heavy atom.